The van der Waals surface area contributed by atoms with Crippen molar-refractivity contribution >= 4 is 87.0 Å². The number of fused-ring (bicyclic) bond motifs is 10. The molecule has 0 N–H and O–H groups in total. The first kappa shape index (κ1) is 51.0. The first-order valence-electron chi connectivity index (χ1n) is 30.1. The zero-order valence-electron chi connectivity index (χ0n) is 48.2. The van der Waals surface area contributed by atoms with E-state index in [0.717, 1.165) is 154 Å². The number of hydrogen-bond donors (Lipinski definition) is 0. The molecule has 0 bridgehead atoms. The minimum Gasteiger partial charge on any atom is -0.456 e. The summed E-state index contributed by atoms with van der Waals surface area (Å²) in [6, 6.07) is 101. The molecule has 14 aromatic carbocycles. The van der Waals surface area contributed by atoms with E-state index in [2.05, 4.69) is 267 Å². The quantitative estimate of drug-likeness (QED) is 0.141. The molecule has 8 nitrogen and oxygen atoms in total. The van der Waals surface area contributed by atoms with Crippen LogP contribution in [0.1, 0.15) is 0 Å². The third kappa shape index (κ3) is 8.76. The fraction of sp³-hybridized carbons (Fsp3) is 0. The van der Waals surface area contributed by atoms with Crippen LogP contribution in [-0.2, 0) is 0 Å². The van der Waals surface area contributed by atoms with Crippen LogP contribution in [0.2, 0.25) is 0 Å². The Labute approximate surface area is 515 Å². The van der Waals surface area contributed by atoms with E-state index in [0.29, 0.717) is 34.9 Å². The van der Waals surface area contributed by atoms with Crippen molar-refractivity contribution in [2.24, 2.45) is 0 Å². The Kier molecular flexibility index (Phi) is 11.7. The largest absolute Gasteiger partial charge is 0.456 e. The molecule has 0 spiro atoms. The van der Waals surface area contributed by atoms with Gasteiger partial charge in [0.15, 0.2) is 34.9 Å². The molecule has 0 saturated heterocycles. The highest BCUT2D eigenvalue weighted by atomic mass is 16.3. The van der Waals surface area contributed by atoms with Gasteiger partial charge in [0.1, 0.15) is 22.3 Å². The minimum absolute atomic E-state index is 0.568. The second-order valence-electron chi connectivity index (χ2n) is 22.9. The second kappa shape index (κ2) is 20.7. The highest BCUT2D eigenvalue weighted by Gasteiger charge is 2.21. The van der Waals surface area contributed by atoms with Crippen molar-refractivity contribution in [3.63, 3.8) is 0 Å². The summed E-state index contributed by atoms with van der Waals surface area (Å²) in [4.78, 5) is 31.8. The van der Waals surface area contributed by atoms with Crippen LogP contribution in [0.3, 0.4) is 0 Å². The Balaban J connectivity index is 0.727. The van der Waals surface area contributed by atoms with Gasteiger partial charge in [-0.05, 0) is 131 Å². The predicted octanol–water partition coefficient (Wildman–Crippen LogP) is 21.5. The highest BCUT2D eigenvalue weighted by molar-refractivity contribution is 6.11. The van der Waals surface area contributed by atoms with Gasteiger partial charge in [0.25, 0.3) is 0 Å². The first-order chi connectivity index (χ1) is 44.5. The highest BCUT2D eigenvalue weighted by Crippen LogP contribution is 2.41. The molecule has 0 atom stereocenters. The van der Waals surface area contributed by atoms with Gasteiger partial charge in [0.05, 0.1) is 0 Å². The zero-order chi connectivity index (χ0) is 59.2. The Bertz CT molecular complexity index is 5950. The van der Waals surface area contributed by atoms with Crippen LogP contribution < -0.4 is 0 Å². The summed E-state index contributed by atoms with van der Waals surface area (Å²) in [5.41, 5.74) is 15.2. The molecular weight excluding hydrogens is 1100 g/mol. The van der Waals surface area contributed by atoms with Crippen LogP contribution in [0.25, 0.3) is 189 Å². The lowest BCUT2D eigenvalue weighted by atomic mass is 9.94. The molecule has 18 aromatic rings. The van der Waals surface area contributed by atoms with Gasteiger partial charge < -0.3 is 8.83 Å². The number of para-hydroxylation sites is 2. The lowest BCUT2D eigenvalue weighted by Crippen LogP contribution is -2.01. The molecular formula is C82H48N6O2. The number of nitrogens with zero attached hydrogens (tertiary/aromatic N) is 6. The monoisotopic (exact) mass is 1150 g/mol. The number of hydrogen-bond acceptors (Lipinski definition) is 8. The Morgan fingerprint density at radius 1 is 0.167 bits per heavy atom. The minimum atomic E-state index is 0.568. The maximum Gasteiger partial charge on any atom is 0.164 e. The normalized spacial score (nSPS) is 11.8. The Morgan fingerprint density at radius 2 is 0.533 bits per heavy atom. The van der Waals surface area contributed by atoms with E-state index in [1.165, 1.54) is 0 Å². The lowest BCUT2D eigenvalue weighted by Gasteiger charge is -2.13. The summed E-state index contributed by atoms with van der Waals surface area (Å²) >= 11 is 0. The second-order valence-corrected chi connectivity index (χ2v) is 22.9. The van der Waals surface area contributed by atoms with Gasteiger partial charge >= 0.3 is 0 Å². The average molecular weight is 1150 g/mol. The summed E-state index contributed by atoms with van der Waals surface area (Å²) < 4.78 is 12.6. The SMILES string of the molecule is c1cc(-c2ccc(-c3nc(-c4ccc5ccccc5c4)nc(-c4cccc5c(-c6ccc7c(c6)oc6ccccc67)cccc45)n3)cc2)cc(-c2nc(-c3ccc4ccccc4c3)nc(-c3cccc4c(-c5ccc6oc7ccccc7c6c5)cccc34)n2)c1. The Morgan fingerprint density at radius 3 is 1.12 bits per heavy atom. The maximum absolute atomic E-state index is 6.36. The van der Waals surface area contributed by atoms with Crippen molar-refractivity contribution in [1.82, 2.24) is 29.9 Å². The van der Waals surface area contributed by atoms with Crippen LogP contribution >= 0.6 is 0 Å². The predicted molar refractivity (Wildman–Crippen MR) is 367 cm³/mol. The van der Waals surface area contributed by atoms with E-state index in [1.807, 2.05) is 24.3 Å². The topological polar surface area (TPSA) is 104 Å². The summed E-state index contributed by atoms with van der Waals surface area (Å²) in [6.45, 7) is 0. The van der Waals surface area contributed by atoms with E-state index < -0.39 is 0 Å². The van der Waals surface area contributed by atoms with Crippen molar-refractivity contribution in [3.8, 4) is 102 Å². The molecule has 0 aliphatic rings. The molecule has 8 heteroatoms. The summed E-state index contributed by atoms with van der Waals surface area (Å²) in [6.07, 6.45) is 0. The van der Waals surface area contributed by atoms with Crippen LogP contribution in [0.5, 0.6) is 0 Å². The van der Waals surface area contributed by atoms with Crippen LogP contribution in [-0.4, -0.2) is 29.9 Å². The number of rotatable bonds is 9. The standard InChI is InChI=1S/C82H48N6O2/c1-3-16-53-45-59(38-34-49(53)14-1)79-83-77(85-81(87-79)70-28-13-25-64-62(23-11-27-66(64)70)57-40-42-69-67-20-5-7-30-73(67)90-76(69)48-57)52-36-32-51(33-37-52)55-18-9-19-58(44-55)78-84-80(60-39-35-50-15-2-4-17-54(50)46-60)88-82(86-78)71-29-12-24-63-61(22-10-26-65(63)71)56-41-43-75-72(47-56)68-21-6-8-31-74(68)89-75/h1-48H. The van der Waals surface area contributed by atoms with Gasteiger partial charge in [-0.3, -0.25) is 0 Å². The van der Waals surface area contributed by atoms with Crippen molar-refractivity contribution in [1.29, 1.82) is 0 Å². The summed E-state index contributed by atoms with van der Waals surface area (Å²) in [5, 5.41) is 13.1. The van der Waals surface area contributed by atoms with Crippen LogP contribution in [0, 0.1) is 0 Å². The molecule has 418 valence electrons. The molecule has 4 heterocycles. The van der Waals surface area contributed by atoms with Gasteiger partial charge in [-0.2, -0.15) is 0 Å². The first-order valence-corrected chi connectivity index (χ1v) is 30.1. The van der Waals surface area contributed by atoms with E-state index in [-0.39, 0.29) is 0 Å². The number of furan rings is 2. The molecule has 0 aliphatic carbocycles. The molecule has 0 saturated carbocycles. The summed E-state index contributed by atoms with van der Waals surface area (Å²) in [5.74, 6) is 3.48. The van der Waals surface area contributed by atoms with E-state index >= 15 is 0 Å². The lowest BCUT2D eigenvalue weighted by molar-refractivity contribution is 0.668. The van der Waals surface area contributed by atoms with Gasteiger partial charge in [0.2, 0.25) is 0 Å². The van der Waals surface area contributed by atoms with Gasteiger partial charge in [-0.1, -0.05) is 237 Å². The molecule has 0 fully saturated rings. The van der Waals surface area contributed by atoms with Crippen molar-refractivity contribution in [2.45, 2.75) is 0 Å². The molecule has 4 aromatic heterocycles. The molecule has 0 aliphatic heterocycles. The molecule has 0 amide bonds. The van der Waals surface area contributed by atoms with Crippen LogP contribution in [0.4, 0.5) is 0 Å². The molecule has 90 heavy (non-hydrogen) atoms. The summed E-state index contributed by atoms with van der Waals surface area (Å²) in [7, 11) is 0. The van der Waals surface area contributed by atoms with E-state index in [4.69, 9.17) is 38.7 Å². The van der Waals surface area contributed by atoms with Crippen LogP contribution in [0.15, 0.2) is 300 Å². The third-order valence-corrected chi connectivity index (χ3v) is 17.6. The van der Waals surface area contributed by atoms with Crippen molar-refractivity contribution < 1.29 is 8.83 Å². The van der Waals surface area contributed by atoms with Crippen molar-refractivity contribution in [3.05, 3.63) is 291 Å². The van der Waals surface area contributed by atoms with Crippen molar-refractivity contribution in [2.75, 3.05) is 0 Å². The van der Waals surface area contributed by atoms with Gasteiger partial charge in [-0.25, -0.2) is 29.9 Å². The molecule has 18 rings (SSSR count). The maximum atomic E-state index is 6.36. The molecule has 0 unspecified atom stereocenters. The van der Waals surface area contributed by atoms with E-state index in [9.17, 15) is 0 Å². The zero-order valence-corrected chi connectivity index (χ0v) is 48.2. The molecule has 0 radical (unpaired) electrons. The number of aromatic nitrogens is 6. The average Bonchev–Trinajstić information content (AvgIpc) is 1.96. The third-order valence-electron chi connectivity index (χ3n) is 17.6. The fourth-order valence-corrected chi connectivity index (χ4v) is 13.1. The Hall–Kier alpha value is -12.3. The smallest absolute Gasteiger partial charge is 0.164 e. The van der Waals surface area contributed by atoms with Gasteiger partial charge in [-0.15, -0.1) is 0 Å². The van der Waals surface area contributed by atoms with Gasteiger partial charge in [0, 0.05) is 54.9 Å². The van der Waals surface area contributed by atoms with E-state index in [1.54, 1.807) is 0 Å². The fourth-order valence-electron chi connectivity index (χ4n) is 13.1. The number of benzene rings is 14.